The summed E-state index contributed by atoms with van der Waals surface area (Å²) in [6.07, 6.45) is 3.62. The molecule has 5 rings (SSSR count). The molecule has 2 heterocycles. The number of benzene rings is 3. The minimum absolute atomic E-state index is 0.196. The number of fused-ring (bicyclic) bond motifs is 1. The van der Waals surface area contributed by atoms with E-state index < -0.39 is 11.7 Å². The van der Waals surface area contributed by atoms with Gasteiger partial charge in [-0.15, -0.1) is 0 Å². The van der Waals surface area contributed by atoms with Crippen LogP contribution in [0.1, 0.15) is 5.56 Å². The van der Waals surface area contributed by atoms with Crippen LogP contribution in [-0.2, 0) is 11.3 Å². The molecule has 35 heavy (non-hydrogen) atoms. The molecule has 0 bridgehead atoms. The molecule has 0 aliphatic carbocycles. The molecule has 1 aliphatic rings. The summed E-state index contributed by atoms with van der Waals surface area (Å²) in [7, 11) is 0. The average molecular weight is 572 g/mol. The van der Waals surface area contributed by atoms with Crippen LogP contribution < -0.4 is 9.64 Å². The number of hydrogen-bond acceptors (Lipinski definition) is 4. The van der Waals surface area contributed by atoms with Crippen LogP contribution in [0.25, 0.3) is 17.0 Å². The molecule has 1 aromatic heterocycles. The van der Waals surface area contributed by atoms with Crippen molar-refractivity contribution >= 4 is 73.1 Å². The zero-order valence-corrected chi connectivity index (χ0v) is 21.2. The Balaban J connectivity index is 1.44. The molecular formula is C26H17BrClFN2O3S. The van der Waals surface area contributed by atoms with E-state index in [4.69, 9.17) is 16.3 Å². The predicted molar refractivity (Wildman–Crippen MR) is 141 cm³/mol. The van der Waals surface area contributed by atoms with Gasteiger partial charge in [0, 0.05) is 32.2 Å². The number of halogens is 3. The van der Waals surface area contributed by atoms with Gasteiger partial charge in [-0.3, -0.25) is 9.59 Å². The van der Waals surface area contributed by atoms with E-state index >= 15 is 0 Å². The van der Waals surface area contributed by atoms with Gasteiger partial charge in [0.05, 0.1) is 17.1 Å². The van der Waals surface area contributed by atoms with E-state index in [-0.39, 0.29) is 17.6 Å². The van der Waals surface area contributed by atoms with Gasteiger partial charge in [0.15, 0.2) is 11.6 Å². The molecule has 9 heteroatoms. The third kappa shape index (κ3) is 4.87. The van der Waals surface area contributed by atoms with Crippen molar-refractivity contribution in [3.63, 3.8) is 0 Å². The standard InChI is InChI=1S/C26H17BrClFN2O3S/c27-17-8-9-22-20(13-17)16(15-30(22)10-11-34-23-7-2-1-6-21(23)29)12-24-25(32)31(26(33)35-24)19-5-3-4-18(28)14-19/h1-9,12-15H,10-11H2/b24-12-. The first kappa shape index (κ1) is 23.7. The SMILES string of the molecule is O=C1S/C(=C\c2cn(CCOc3ccccc3F)c3ccc(Br)cc23)C(=O)N1c1cccc(Cl)c1. The van der Waals surface area contributed by atoms with Crippen molar-refractivity contribution in [3.8, 4) is 5.75 Å². The number of para-hydroxylation sites is 1. The molecular weight excluding hydrogens is 555 g/mol. The van der Waals surface area contributed by atoms with E-state index in [0.29, 0.717) is 22.2 Å². The molecule has 0 unspecified atom stereocenters. The molecule has 5 nitrogen and oxygen atoms in total. The van der Waals surface area contributed by atoms with Crippen molar-refractivity contribution in [3.05, 3.63) is 98.7 Å². The van der Waals surface area contributed by atoms with Crippen molar-refractivity contribution < 1.29 is 18.7 Å². The van der Waals surface area contributed by atoms with Gasteiger partial charge >= 0.3 is 0 Å². The van der Waals surface area contributed by atoms with Crippen LogP contribution in [-0.4, -0.2) is 22.3 Å². The first-order chi connectivity index (χ1) is 16.9. The van der Waals surface area contributed by atoms with Crippen molar-refractivity contribution in [2.24, 2.45) is 0 Å². The third-order valence-electron chi connectivity index (χ3n) is 5.45. The molecule has 0 radical (unpaired) electrons. The Morgan fingerprint density at radius 2 is 1.89 bits per heavy atom. The Hall–Kier alpha value is -3.07. The van der Waals surface area contributed by atoms with Gasteiger partial charge in [0.2, 0.25) is 0 Å². The molecule has 1 saturated heterocycles. The maximum atomic E-state index is 13.9. The summed E-state index contributed by atoms with van der Waals surface area (Å²) in [5, 5.41) is 0.961. The Morgan fingerprint density at radius 1 is 1.06 bits per heavy atom. The smallest absolute Gasteiger partial charge is 0.298 e. The van der Waals surface area contributed by atoms with E-state index in [1.54, 1.807) is 48.5 Å². The fourth-order valence-electron chi connectivity index (χ4n) is 3.86. The van der Waals surface area contributed by atoms with E-state index in [1.165, 1.54) is 6.07 Å². The number of hydrogen-bond donors (Lipinski definition) is 0. The fourth-order valence-corrected chi connectivity index (χ4v) is 5.24. The lowest BCUT2D eigenvalue weighted by atomic mass is 10.1. The van der Waals surface area contributed by atoms with Crippen molar-refractivity contribution in [1.82, 2.24) is 4.57 Å². The monoisotopic (exact) mass is 570 g/mol. The van der Waals surface area contributed by atoms with E-state index in [0.717, 1.165) is 37.6 Å². The second-order valence-electron chi connectivity index (χ2n) is 7.72. The minimum atomic E-state index is -0.412. The lowest BCUT2D eigenvalue weighted by molar-refractivity contribution is -0.113. The Kier molecular flexibility index (Phi) is 6.69. The van der Waals surface area contributed by atoms with Crippen molar-refractivity contribution in [1.29, 1.82) is 0 Å². The van der Waals surface area contributed by atoms with Gasteiger partial charge in [0.1, 0.15) is 6.61 Å². The minimum Gasteiger partial charge on any atom is -0.489 e. The van der Waals surface area contributed by atoms with E-state index in [9.17, 15) is 14.0 Å². The van der Waals surface area contributed by atoms with Crippen LogP contribution in [0.3, 0.4) is 0 Å². The Morgan fingerprint density at radius 3 is 2.69 bits per heavy atom. The number of aromatic nitrogens is 1. The Bertz CT molecular complexity index is 1500. The summed E-state index contributed by atoms with van der Waals surface area (Å²) in [5.74, 6) is -0.618. The second-order valence-corrected chi connectivity index (χ2v) is 10.1. The highest BCUT2D eigenvalue weighted by Gasteiger charge is 2.36. The molecule has 3 aromatic carbocycles. The highest BCUT2D eigenvalue weighted by molar-refractivity contribution is 9.10. The Labute approximate surface area is 218 Å². The predicted octanol–water partition coefficient (Wildman–Crippen LogP) is 7.52. The molecule has 1 fully saturated rings. The van der Waals surface area contributed by atoms with Gasteiger partial charge < -0.3 is 9.30 Å². The first-order valence-corrected chi connectivity index (χ1v) is 12.6. The quantitative estimate of drug-likeness (QED) is 0.225. The number of carbonyl (C=O) groups excluding carboxylic acids is 2. The summed E-state index contributed by atoms with van der Waals surface area (Å²) in [6.45, 7) is 0.718. The maximum Gasteiger partial charge on any atom is 0.298 e. The highest BCUT2D eigenvalue weighted by Crippen LogP contribution is 2.38. The van der Waals surface area contributed by atoms with Crippen LogP contribution in [0.2, 0.25) is 5.02 Å². The van der Waals surface area contributed by atoms with Crippen molar-refractivity contribution in [2.45, 2.75) is 6.54 Å². The molecule has 0 spiro atoms. The van der Waals surface area contributed by atoms with Gasteiger partial charge in [0.25, 0.3) is 11.1 Å². The van der Waals surface area contributed by atoms with Crippen LogP contribution in [0, 0.1) is 5.82 Å². The molecule has 0 N–H and O–H groups in total. The summed E-state index contributed by atoms with van der Waals surface area (Å²) in [6, 6.07) is 18.7. The molecule has 0 saturated carbocycles. The number of ether oxygens (including phenoxy) is 1. The molecule has 176 valence electrons. The van der Waals surface area contributed by atoms with E-state index in [2.05, 4.69) is 15.9 Å². The largest absolute Gasteiger partial charge is 0.489 e. The summed E-state index contributed by atoms with van der Waals surface area (Å²) < 4.78 is 22.4. The zero-order valence-electron chi connectivity index (χ0n) is 18.1. The van der Waals surface area contributed by atoms with Gasteiger partial charge in [-0.05, 0) is 66.4 Å². The lowest BCUT2D eigenvalue weighted by Gasteiger charge is -2.12. The normalized spacial score (nSPS) is 14.9. The summed E-state index contributed by atoms with van der Waals surface area (Å²) in [4.78, 5) is 27.2. The number of rotatable bonds is 6. The fraction of sp³-hybridized carbons (Fsp3) is 0.0769. The van der Waals surface area contributed by atoms with Gasteiger partial charge in [-0.2, -0.15) is 0 Å². The number of thioether (sulfide) groups is 1. The molecule has 1 aliphatic heterocycles. The van der Waals surface area contributed by atoms with Gasteiger partial charge in [-0.25, -0.2) is 9.29 Å². The number of amides is 2. The van der Waals surface area contributed by atoms with Crippen LogP contribution in [0.5, 0.6) is 5.75 Å². The third-order valence-corrected chi connectivity index (χ3v) is 7.05. The lowest BCUT2D eigenvalue weighted by Crippen LogP contribution is -2.27. The molecule has 0 atom stereocenters. The average Bonchev–Trinajstić information content (AvgIpc) is 3.30. The summed E-state index contributed by atoms with van der Waals surface area (Å²) >= 11 is 10.4. The zero-order chi connectivity index (χ0) is 24.5. The van der Waals surface area contributed by atoms with Crippen LogP contribution >= 0.6 is 39.3 Å². The number of anilines is 1. The highest BCUT2D eigenvalue weighted by atomic mass is 79.9. The summed E-state index contributed by atoms with van der Waals surface area (Å²) in [5.41, 5.74) is 2.13. The molecule has 4 aromatic rings. The first-order valence-electron chi connectivity index (χ1n) is 10.6. The number of nitrogens with zero attached hydrogens (tertiary/aromatic N) is 2. The number of carbonyl (C=O) groups is 2. The topological polar surface area (TPSA) is 51.5 Å². The van der Waals surface area contributed by atoms with Crippen molar-refractivity contribution in [2.75, 3.05) is 11.5 Å². The van der Waals surface area contributed by atoms with Crippen LogP contribution in [0.4, 0.5) is 14.9 Å². The molecule has 2 amide bonds. The maximum absolute atomic E-state index is 13.9. The van der Waals surface area contributed by atoms with E-state index in [1.807, 2.05) is 29.0 Å². The number of imide groups is 1. The second kappa shape index (κ2) is 9.89. The van der Waals surface area contributed by atoms with Crippen LogP contribution in [0.15, 0.2) is 82.3 Å². The van der Waals surface area contributed by atoms with Gasteiger partial charge in [-0.1, -0.05) is 45.7 Å².